The van der Waals surface area contributed by atoms with Gasteiger partial charge in [-0.15, -0.1) is 0 Å². The minimum absolute atomic E-state index is 0.0285. The van der Waals surface area contributed by atoms with E-state index in [0.717, 1.165) is 28.8 Å². The molecule has 0 bridgehead atoms. The van der Waals surface area contributed by atoms with Crippen LogP contribution in [0.5, 0.6) is 0 Å². The third-order valence-corrected chi connectivity index (χ3v) is 8.38. The van der Waals surface area contributed by atoms with Crippen LogP contribution in [0.1, 0.15) is 34.0 Å². The lowest BCUT2D eigenvalue weighted by Gasteiger charge is -2.29. The van der Waals surface area contributed by atoms with Crippen LogP contribution in [0.4, 0.5) is 11.4 Å². The number of benzene rings is 4. The smallest absolute Gasteiger partial charge is 0.264 e. The van der Waals surface area contributed by atoms with E-state index < -0.39 is 10.0 Å². The van der Waals surface area contributed by atoms with Gasteiger partial charge in [-0.1, -0.05) is 78.4 Å². The summed E-state index contributed by atoms with van der Waals surface area (Å²) in [6.45, 7) is 4.04. The molecule has 0 spiro atoms. The first-order valence-corrected chi connectivity index (χ1v) is 13.4. The number of amides is 1. The van der Waals surface area contributed by atoms with Gasteiger partial charge in [-0.05, 0) is 61.7 Å². The van der Waals surface area contributed by atoms with Gasteiger partial charge in [-0.2, -0.15) is 0 Å². The first-order valence-electron chi connectivity index (χ1n) is 12.0. The zero-order chi connectivity index (χ0) is 25.3. The summed E-state index contributed by atoms with van der Waals surface area (Å²) in [4.78, 5) is 16.0. The van der Waals surface area contributed by atoms with E-state index in [1.807, 2.05) is 68.4 Å². The van der Waals surface area contributed by atoms with Gasteiger partial charge < -0.3 is 4.90 Å². The van der Waals surface area contributed by atoms with E-state index in [9.17, 15) is 13.2 Å². The first kappa shape index (κ1) is 23.8. The predicted molar refractivity (Wildman–Crippen MR) is 144 cm³/mol. The van der Waals surface area contributed by atoms with Crippen molar-refractivity contribution in [2.24, 2.45) is 0 Å². The molecule has 0 saturated carbocycles. The van der Waals surface area contributed by atoms with Crippen LogP contribution in [0.2, 0.25) is 0 Å². The van der Waals surface area contributed by atoms with Crippen LogP contribution in [-0.2, 0) is 23.0 Å². The Balaban J connectivity index is 1.63. The topological polar surface area (TPSA) is 57.7 Å². The van der Waals surface area contributed by atoms with Crippen molar-refractivity contribution in [1.82, 2.24) is 0 Å². The molecular weight excluding hydrogens is 468 g/mol. The van der Waals surface area contributed by atoms with Gasteiger partial charge in [0.15, 0.2) is 0 Å². The first-order chi connectivity index (χ1) is 17.4. The number of sulfonamides is 1. The number of aryl methyl sites for hydroxylation is 1. The molecule has 36 heavy (non-hydrogen) atoms. The monoisotopic (exact) mass is 496 g/mol. The van der Waals surface area contributed by atoms with Crippen molar-refractivity contribution in [3.8, 4) is 0 Å². The maximum atomic E-state index is 14.0. The molecule has 0 radical (unpaired) electrons. The van der Waals surface area contributed by atoms with E-state index in [2.05, 4.69) is 0 Å². The molecule has 0 aromatic heterocycles. The summed E-state index contributed by atoms with van der Waals surface area (Å²) in [7, 11) is -3.96. The Hall–Kier alpha value is -3.90. The van der Waals surface area contributed by atoms with Gasteiger partial charge in [0.05, 0.1) is 22.7 Å². The van der Waals surface area contributed by atoms with Gasteiger partial charge in [0.2, 0.25) is 0 Å². The van der Waals surface area contributed by atoms with Crippen molar-refractivity contribution < 1.29 is 13.2 Å². The predicted octanol–water partition coefficient (Wildman–Crippen LogP) is 5.98. The van der Waals surface area contributed by atoms with E-state index in [0.29, 0.717) is 11.3 Å². The lowest BCUT2D eigenvalue weighted by atomic mass is 10.1. The number of hydrogen-bond acceptors (Lipinski definition) is 3. The number of rotatable bonds is 6. The second-order valence-electron chi connectivity index (χ2n) is 9.18. The van der Waals surface area contributed by atoms with Gasteiger partial charge in [0.1, 0.15) is 0 Å². The average molecular weight is 497 g/mol. The third-order valence-electron chi connectivity index (χ3n) is 6.61. The van der Waals surface area contributed by atoms with Gasteiger partial charge in [0, 0.05) is 11.7 Å². The molecule has 5 rings (SSSR count). The third kappa shape index (κ3) is 4.40. The summed E-state index contributed by atoms with van der Waals surface area (Å²) in [5.41, 5.74) is 4.51. The van der Waals surface area contributed by atoms with E-state index in [1.165, 1.54) is 4.31 Å². The van der Waals surface area contributed by atoms with Crippen molar-refractivity contribution >= 4 is 27.3 Å². The van der Waals surface area contributed by atoms with Crippen molar-refractivity contribution in [3.05, 3.63) is 125 Å². The van der Waals surface area contributed by atoms with E-state index in [4.69, 9.17) is 0 Å². The Bertz CT molecular complexity index is 1500. The molecule has 0 N–H and O–H groups in total. The van der Waals surface area contributed by atoms with Crippen LogP contribution in [-0.4, -0.2) is 20.4 Å². The molecule has 0 saturated heterocycles. The molecular formula is C30H28N2O3S. The van der Waals surface area contributed by atoms with E-state index >= 15 is 0 Å². The number of fused-ring (bicyclic) bond motifs is 1. The quantitative estimate of drug-likeness (QED) is 0.330. The van der Waals surface area contributed by atoms with Gasteiger partial charge in [0.25, 0.3) is 15.9 Å². The molecule has 6 heteroatoms. The molecule has 5 nitrogen and oxygen atoms in total. The zero-order valence-corrected chi connectivity index (χ0v) is 21.2. The largest absolute Gasteiger partial charge is 0.305 e. The SMILES string of the molecule is Cc1ccc(S(=O)(=O)N(Cc2ccccc2)c2ccccc2C(=O)N2c3ccccc3CC2C)cc1. The summed E-state index contributed by atoms with van der Waals surface area (Å²) in [5.74, 6) is -0.208. The van der Waals surface area contributed by atoms with Crippen LogP contribution in [0, 0.1) is 6.92 Å². The van der Waals surface area contributed by atoms with Crippen LogP contribution < -0.4 is 9.21 Å². The molecule has 1 aliphatic heterocycles. The molecule has 1 unspecified atom stereocenters. The molecule has 1 atom stereocenters. The lowest BCUT2D eigenvalue weighted by Crippen LogP contribution is -2.38. The summed E-state index contributed by atoms with van der Waals surface area (Å²) in [6, 6.07) is 31.1. The van der Waals surface area contributed by atoms with E-state index in [1.54, 1.807) is 53.4 Å². The summed E-state index contributed by atoms with van der Waals surface area (Å²) < 4.78 is 29.4. The summed E-state index contributed by atoms with van der Waals surface area (Å²) in [5, 5.41) is 0. The standard InChI is InChI=1S/C30H28N2O3S/c1-22-16-18-26(19-17-22)36(34,35)31(21-24-10-4-3-5-11-24)29-15-9-7-13-27(29)30(33)32-23(2)20-25-12-6-8-14-28(25)32/h3-19,23H,20-21H2,1-2H3. The normalized spacial score (nSPS) is 14.9. The Morgan fingerprint density at radius 2 is 1.50 bits per heavy atom. The van der Waals surface area contributed by atoms with Gasteiger partial charge in [-0.3, -0.25) is 9.10 Å². The molecule has 1 heterocycles. The molecule has 182 valence electrons. The van der Waals surface area contributed by atoms with Crippen molar-refractivity contribution in [2.75, 3.05) is 9.21 Å². The highest BCUT2D eigenvalue weighted by molar-refractivity contribution is 7.92. The highest BCUT2D eigenvalue weighted by Crippen LogP contribution is 2.36. The second-order valence-corrected chi connectivity index (χ2v) is 11.0. The molecule has 1 aliphatic rings. The number of hydrogen-bond donors (Lipinski definition) is 0. The minimum Gasteiger partial charge on any atom is -0.305 e. The minimum atomic E-state index is -3.96. The summed E-state index contributed by atoms with van der Waals surface area (Å²) >= 11 is 0. The number of anilines is 2. The fourth-order valence-electron chi connectivity index (χ4n) is 4.76. The van der Waals surface area contributed by atoms with Crippen LogP contribution in [0.3, 0.4) is 0 Å². The van der Waals surface area contributed by atoms with Crippen molar-refractivity contribution in [1.29, 1.82) is 0 Å². The molecule has 4 aromatic carbocycles. The van der Waals surface area contributed by atoms with Crippen molar-refractivity contribution in [2.45, 2.75) is 37.8 Å². The zero-order valence-electron chi connectivity index (χ0n) is 20.3. The maximum Gasteiger partial charge on any atom is 0.264 e. The fraction of sp³-hybridized carbons (Fsp3) is 0.167. The van der Waals surface area contributed by atoms with Crippen molar-refractivity contribution in [3.63, 3.8) is 0 Å². The van der Waals surface area contributed by atoms with E-state index in [-0.39, 0.29) is 23.4 Å². The average Bonchev–Trinajstić information content (AvgIpc) is 3.23. The molecule has 0 fully saturated rings. The lowest BCUT2D eigenvalue weighted by molar-refractivity contribution is 0.0982. The second kappa shape index (κ2) is 9.63. The van der Waals surface area contributed by atoms with Crippen LogP contribution >= 0.6 is 0 Å². The Morgan fingerprint density at radius 3 is 2.25 bits per heavy atom. The highest BCUT2D eigenvalue weighted by atomic mass is 32.2. The van der Waals surface area contributed by atoms with Crippen LogP contribution in [0.25, 0.3) is 0 Å². The van der Waals surface area contributed by atoms with Gasteiger partial charge in [-0.25, -0.2) is 8.42 Å². The Kier molecular flexibility index (Phi) is 6.37. The molecule has 1 amide bonds. The summed E-state index contributed by atoms with van der Waals surface area (Å²) in [6.07, 6.45) is 0.763. The maximum absolute atomic E-state index is 14.0. The molecule has 4 aromatic rings. The van der Waals surface area contributed by atoms with Gasteiger partial charge >= 0.3 is 0 Å². The Morgan fingerprint density at radius 1 is 0.861 bits per heavy atom. The number of carbonyl (C=O) groups excluding carboxylic acids is 1. The van der Waals surface area contributed by atoms with Crippen LogP contribution in [0.15, 0.2) is 108 Å². The highest BCUT2D eigenvalue weighted by Gasteiger charge is 2.35. The fourth-order valence-corrected chi connectivity index (χ4v) is 6.23. The molecule has 0 aliphatic carbocycles. The Labute approximate surface area is 212 Å². The number of nitrogens with zero attached hydrogens (tertiary/aromatic N) is 2. The number of carbonyl (C=O) groups is 1. The number of para-hydroxylation sites is 2.